The van der Waals surface area contributed by atoms with Gasteiger partial charge >= 0.3 is 0 Å². The van der Waals surface area contributed by atoms with E-state index in [9.17, 15) is 4.79 Å². The Labute approximate surface area is 121 Å². The third-order valence-electron chi connectivity index (χ3n) is 2.85. The molecule has 2 heterocycles. The highest BCUT2D eigenvalue weighted by Crippen LogP contribution is 2.08. The van der Waals surface area contributed by atoms with Crippen LogP contribution in [-0.4, -0.2) is 25.7 Å². The second-order valence-electron chi connectivity index (χ2n) is 4.42. The molecule has 0 unspecified atom stereocenters. The van der Waals surface area contributed by atoms with Crippen molar-refractivity contribution in [3.8, 4) is 5.82 Å². The maximum Gasteiger partial charge on any atom is 0.229 e. The number of benzene rings is 1. The van der Waals surface area contributed by atoms with Gasteiger partial charge in [-0.1, -0.05) is 30.3 Å². The summed E-state index contributed by atoms with van der Waals surface area (Å²) in [5.74, 6) is 0.980. The first-order chi connectivity index (χ1) is 10.3. The summed E-state index contributed by atoms with van der Waals surface area (Å²) in [6, 6.07) is 11.3. The third-order valence-corrected chi connectivity index (χ3v) is 2.85. The first kappa shape index (κ1) is 13.0. The van der Waals surface area contributed by atoms with Crippen LogP contribution in [0.15, 0.2) is 61.2 Å². The molecule has 0 radical (unpaired) electrons. The maximum absolute atomic E-state index is 11.9. The average Bonchev–Trinajstić information content (AvgIpc) is 2.97. The maximum atomic E-state index is 11.9. The monoisotopic (exact) mass is 279 g/mol. The second kappa shape index (κ2) is 5.96. The summed E-state index contributed by atoms with van der Waals surface area (Å²) >= 11 is 0. The first-order valence-corrected chi connectivity index (χ1v) is 6.47. The van der Waals surface area contributed by atoms with Crippen LogP contribution in [0.3, 0.4) is 0 Å². The highest BCUT2D eigenvalue weighted by atomic mass is 16.1. The Balaban J connectivity index is 1.66. The van der Waals surface area contributed by atoms with Crippen LogP contribution in [-0.2, 0) is 11.2 Å². The van der Waals surface area contributed by atoms with Crippen LogP contribution < -0.4 is 5.32 Å². The van der Waals surface area contributed by atoms with Gasteiger partial charge in [-0.3, -0.25) is 9.78 Å². The highest BCUT2D eigenvalue weighted by molar-refractivity contribution is 5.91. The Kier molecular flexibility index (Phi) is 3.68. The van der Waals surface area contributed by atoms with Gasteiger partial charge in [0.2, 0.25) is 5.91 Å². The number of nitrogens with zero attached hydrogens (tertiary/aromatic N) is 4. The van der Waals surface area contributed by atoms with Crippen molar-refractivity contribution >= 4 is 11.7 Å². The summed E-state index contributed by atoms with van der Waals surface area (Å²) in [5.41, 5.74) is 0.961. The standard InChI is InChI=1S/C15H13N5O/c21-15(10-12-4-2-1-3-5-12)18-13-6-9-20(19-13)14-11-16-7-8-17-14/h1-9,11H,10H2,(H,18,19,21). The number of hydrogen-bond acceptors (Lipinski definition) is 4. The van der Waals surface area contributed by atoms with Gasteiger partial charge in [0.15, 0.2) is 11.6 Å². The largest absolute Gasteiger partial charge is 0.309 e. The van der Waals surface area contributed by atoms with Crippen LogP contribution >= 0.6 is 0 Å². The third kappa shape index (κ3) is 3.30. The average molecular weight is 279 g/mol. The number of nitrogens with one attached hydrogen (secondary N) is 1. The summed E-state index contributed by atoms with van der Waals surface area (Å²) < 4.78 is 1.56. The zero-order valence-corrected chi connectivity index (χ0v) is 11.2. The highest BCUT2D eigenvalue weighted by Gasteiger charge is 2.07. The van der Waals surface area contributed by atoms with Crippen molar-refractivity contribution in [3.63, 3.8) is 0 Å². The minimum absolute atomic E-state index is 0.106. The lowest BCUT2D eigenvalue weighted by atomic mass is 10.1. The molecule has 2 aromatic heterocycles. The van der Waals surface area contributed by atoms with Gasteiger partial charge in [-0.25, -0.2) is 9.67 Å². The zero-order chi connectivity index (χ0) is 14.5. The quantitative estimate of drug-likeness (QED) is 0.791. The molecule has 0 bridgehead atoms. The Hall–Kier alpha value is -3.02. The molecule has 6 heteroatoms. The van der Waals surface area contributed by atoms with Crippen molar-refractivity contribution in [3.05, 3.63) is 66.7 Å². The van der Waals surface area contributed by atoms with Gasteiger partial charge in [-0.05, 0) is 5.56 Å². The molecule has 1 N–H and O–H groups in total. The molecule has 1 aromatic carbocycles. The molecule has 1 amide bonds. The number of carbonyl (C=O) groups excluding carboxylic acids is 1. The smallest absolute Gasteiger partial charge is 0.229 e. The Morgan fingerprint density at radius 3 is 2.76 bits per heavy atom. The Morgan fingerprint density at radius 2 is 2.00 bits per heavy atom. The van der Waals surface area contributed by atoms with Crippen LogP contribution in [0, 0.1) is 0 Å². The van der Waals surface area contributed by atoms with Crippen LogP contribution in [0.5, 0.6) is 0 Å². The van der Waals surface area contributed by atoms with Crippen molar-refractivity contribution < 1.29 is 4.79 Å². The molecule has 0 aliphatic rings. The molecule has 0 saturated carbocycles. The molecule has 104 valence electrons. The van der Waals surface area contributed by atoms with Gasteiger partial charge in [-0.2, -0.15) is 0 Å². The van der Waals surface area contributed by atoms with Gasteiger partial charge in [0.1, 0.15) is 0 Å². The molecule has 21 heavy (non-hydrogen) atoms. The fraction of sp³-hybridized carbons (Fsp3) is 0.0667. The minimum atomic E-state index is -0.106. The fourth-order valence-corrected chi connectivity index (χ4v) is 1.90. The lowest BCUT2D eigenvalue weighted by Gasteiger charge is -2.02. The molecule has 0 aliphatic heterocycles. The first-order valence-electron chi connectivity index (χ1n) is 6.47. The second-order valence-corrected chi connectivity index (χ2v) is 4.42. The van der Waals surface area contributed by atoms with Crippen molar-refractivity contribution in [2.24, 2.45) is 0 Å². The summed E-state index contributed by atoms with van der Waals surface area (Å²) in [4.78, 5) is 20.1. The van der Waals surface area contributed by atoms with Gasteiger partial charge < -0.3 is 5.32 Å². The van der Waals surface area contributed by atoms with Crippen LogP contribution in [0.1, 0.15) is 5.56 Å². The van der Waals surface area contributed by atoms with Gasteiger partial charge in [0, 0.05) is 24.7 Å². The van der Waals surface area contributed by atoms with E-state index in [1.54, 1.807) is 35.5 Å². The lowest BCUT2D eigenvalue weighted by Crippen LogP contribution is -2.15. The Morgan fingerprint density at radius 1 is 1.14 bits per heavy atom. The molecule has 0 fully saturated rings. The van der Waals surface area contributed by atoms with Crippen molar-refractivity contribution in [1.82, 2.24) is 19.7 Å². The number of aromatic nitrogens is 4. The SMILES string of the molecule is O=C(Cc1ccccc1)Nc1ccn(-c2cnccn2)n1. The predicted octanol–water partition coefficient (Wildman–Crippen LogP) is 1.84. The van der Waals surface area contributed by atoms with E-state index >= 15 is 0 Å². The number of amides is 1. The fourth-order valence-electron chi connectivity index (χ4n) is 1.90. The molecular weight excluding hydrogens is 266 g/mol. The number of anilines is 1. The molecule has 0 aliphatic carbocycles. The van der Waals surface area contributed by atoms with Crippen molar-refractivity contribution in [1.29, 1.82) is 0 Å². The molecule has 6 nitrogen and oxygen atoms in total. The Bertz CT molecular complexity index is 724. The number of rotatable bonds is 4. The van der Waals surface area contributed by atoms with Crippen LogP contribution in [0.25, 0.3) is 5.82 Å². The van der Waals surface area contributed by atoms with Gasteiger partial charge in [-0.15, -0.1) is 5.10 Å². The molecule has 3 aromatic rings. The van der Waals surface area contributed by atoms with Gasteiger partial charge in [0.25, 0.3) is 0 Å². The van der Waals surface area contributed by atoms with Crippen molar-refractivity contribution in [2.45, 2.75) is 6.42 Å². The van der Waals surface area contributed by atoms with Crippen LogP contribution in [0.2, 0.25) is 0 Å². The minimum Gasteiger partial charge on any atom is -0.309 e. The normalized spacial score (nSPS) is 10.3. The molecule has 0 spiro atoms. The van der Waals surface area contributed by atoms with E-state index in [4.69, 9.17) is 0 Å². The molecular formula is C15H13N5O. The summed E-state index contributed by atoms with van der Waals surface area (Å²) in [6.45, 7) is 0. The topological polar surface area (TPSA) is 72.7 Å². The summed E-state index contributed by atoms with van der Waals surface area (Å²) in [6.07, 6.45) is 6.82. The van der Waals surface area contributed by atoms with Crippen molar-refractivity contribution in [2.75, 3.05) is 5.32 Å². The van der Waals surface area contributed by atoms with E-state index in [1.165, 1.54) is 0 Å². The number of carbonyl (C=O) groups is 1. The van der Waals surface area contributed by atoms with E-state index in [-0.39, 0.29) is 5.91 Å². The number of hydrogen-bond donors (Lipinski definition) is 1. The van der Waals surface area contributed by atoms with E-state index in [2.05, 4.69) is 20.4 Å². The molecule has 0 atom stereocenters. The summed E-state index contributed by atoms with van der Waals surface area (Å²) in [7, 11) is 0. The zero-order valence-electron chi connectivity index (χ0n) is 11.2. The summed E-state index contributed by atoms with van der Waals surface area (Å²) in [5, 5.41) is 7.01. The van der Waals surface area contributed by atoms with E-state index in [1.807, 2.05) is 30.3 Å². The van der Waals surface area contributed by atoms with E-state index in [0.717, 1.165) is 5.56 Å². The lowest BCUT2D eigenvalue weighted by molar-refractivity contribution is -0.115. The van der Waals surface area contributed by atoms with E-state index in [0.29, 0.717) is 18.1 Å². The van der Waals surface area contributed by atoms with Crippen LogP contribution in [0.4, 0.5) is 5.82 Å². The molecule has 3 rings (SSSR count). The van der Waals surface area contributed by atoms with E-state index < -0.39 is 0 Å². The predicted molar refractivity (Wildman–Crippen MR) is 77.9 cm³/mol. The van der Waals surface area contributed by atoms with Gasteiger partial charge in [0.05, 0.1) is 12.6 Å². The molecule has 0 saturated heterocycles.